The molecule has 0 amide bonds. The first-order valence-electron chi connectivity index (χ1n) is 13.2. The van der Waals surface area contributed by atoms with Gasteiger partial charge >= 0.3 is 6.01 Å². The first-order valence-corrected chi connectivity index (χ1v) is 13.6. The van der Waals surface area contributed by atoms with Gasteiger partial charge in [0.05, 0.1) is 18.2 Å². The van der Waals surface area contributed by atoms with Gasteiger partial charge in [0.15, 0.2) is 5.78 Å². The second kappa shape index (κ2) is 10.4. The summed E-state index contributed by atoms with van der Waals surface area (Å²) < 4.78 is 40.7. The van der Waals surface area contributed by atoms with Crippen LogP contribution in [-0.4, -0.2) is 38.8 Å². The van der Waals surface area contributed by atoms with Gasteiger partial charge in [-0.15, -0.1) is 0 Å². The third-order valence-electron chi connectivity index (χ3n) is 8.01. The number of benzene rings is 2. The van der Waals surface area contributed by atoms with Gasteiger partial charge in [-0.2, -0.15) is 4.98 Å². The molecule has 1 atom stereocenters. The predicted octanol–water partition coefficient (Wildman–Crippen LogP) is 6.48. The average Bonchev–Trinajstić information content (AvgIpc) is 3.42. The number of methoxy groups -OCH3 is 1. The Hall–Kier alpha value is -4.05. The Kier molecular flexibility index (Phi) is 6.89. The van der Waals surface area contributed by atoms with Crippen LogP contribution in [0.1, 0.15) is 65.4 Å². The second-order valence-corrected chi connectivity index (χ2v) is 11.1. The van der Waals surface area contributed by atoms with Crippen molar-refractivity contribution in [2.45, 2.75) is 51.4 Å². The van der Waals surface area contributed by atoms with Gasteiger partial charge in [-0.1, -0.05) is 22.8 Å². The molecule has 6 rings (SSSR count). The fourth-order valence-corrected chi connectivity index (χ4v) is 5.93. The van der Waals surface area contributed by atoms with Crippen molar-refractivity contribution in [3.8, 4) is 28.5 Å². The number of carbonyl (C=O) groups excluding carboxylic acids is 2. The molecule has 0 N–H and O–H groups in total. The number of aryl methyl sites for hydroxylation is 2. The zero-order valence-corrected chi connectivity index (χ0v) is 23.1. The fraction of sp³-hybridized carbons (Fsp3) is 0.333. The van der Waals surface area contributed by atoms with Crippen molar-refractivity contribution in [1.82, 2.24) is 20.1 Å². The van der Waals surface area contributed by atoms with E-state index in [9.17, 15) is 9.59 Å². The summed E-state index contributed by atoms with van der Waals surface area (Å²) in [6.07, 6.45) is 5.40. The molecule has 2 aromatic carbocycles. The monoisotopic (exact) mass is 578 g/mol. The van der Waals surface area contributed by atoms with Gasteiger partial charge in [-0.3, -0.25) is 9.59 Å². The van der Waals surface area contributed by atoms with E-state index in [2.05, 4.69) is 20.1 Å². The molecule has 8 nitrogen and oxygen atoms in total. The van der Waals surface area contributed by atoms with Crippen LogP contribution in [0.15, 0.2) is 41.2 Å². The van der Waals surface area contributed by atoms with E-state index in [1.54, 1.807) is 13.0 Å². The van der Waals surface area contributed by atoms with E-state index in [1.165, 1.54) is 25.6 Å². The molecule has 0 spiro atoms. The van der Waals surface area contributed by atoms with E-state index in [1.807, 2.05) is 6.07 Å². The lowest BCUT2D eigenvalue weighted by Crippen LogP contribution is -2.22. The Morgan fingerprint density at radius 1 is 1.12 bits per heavy atom. The fourth-order valence-electron chi connectivity index (χ4n) is 5.72. The van der Waals surface area contributed by atoms with Gasteiger partial charge in [0, 0.05) is 42.6 Å². The van der Waals surface area contributed by atoms with Gasteiger partial charge in [0.2, 0.25) is 11.7 Å². The number of halogens is 3. The van der Waals surface area contributed by atoms with Crippen LogP contribution in [0.4, 0.5) is 8.78 Å². The molecule has 41 heavy (non-hydrogen) atoms. The number of ether oxygens (including phenoxy) is 1. The number of fused-ring (bicyclic) bond motifs is 1. The molecule has 2 heterocycles. The van der Waals surface area contributed by atoms with Crippen LogP contribution in [0.25, 0.3) is 22.5 Å². The first kappa shape index (κ1) is 27.1. The molecular formula is C30H25ClF2N4O4. The van der Waals surface area contributed by atoms with Crippen LogP contribution in [0.5, 0.6) is 6.01 Å². The smallest absolute Gasteiger partial charge is 0.316 e. The standard InChI is InChI=1S/C30H25ClF2N4O4/c1-15-36-28(37-41-15)27-21(10-20(31)11-23(27)33)18-7-16-3-4-17(26(16)22(32)8-18)9-25(39)30(5-6-30)12-24(38)19-13-34-29(40-2)35-14-19/h7-8,10-11,13-14,17H,3-6,9,12H2,1-2H3. The second-order valence-electron chi connectivity index (χ2n) is 10.7. The maximum Gasteiger partial charge on any atom is 0.316 e. The Labute approximate surface area is 239 Å². The van der Waals surface area contributed by atoms with E-state index in [0.29, 0.717) is 47.9 Å². The Morgan fingerprint density at radius 2 is 1.88 bits per heavy atom. The molecule has 1 fully saturated rings. The van der Waals surface area contributed by atoms with Crippen molar-refractivity contribution in [1.29, 1.82) is 0 Å². The molecule has 11 heteroatoms. The molecule has 2 aliphatic rings. The van der Waals surface area contributed by atoms with Gasteiger partial charge in [-0.05, 0) is 72.1 Å². The van der Waals surface area contributed by atoms with Gasteiger partial charge < -0.3 is 9.26 Å². The maximum absolute atomic E-state index is 15.7. The Balaban J connectivity index is 1.24. The van der Waals surface area contributed by atoms with Crippen LogP contribution in [-0.2, 0) is 11.2 Å². The topological polar surface area (TPSA) is 108 Å². The summed E-state index contributed by atoms with van der Waals surface area (Å²) in [5, 5.41) is 3.99. The van der Waals surface area contributed by atoms with Gasteiger partial charge in [-0.25, -0.2) is 18.7 Å². The molecule has 2 aromatic heterocycles. The number of rotatable bonds is 9. The lowest BCUT2D eigenvalue weighted by Gasteiger charge is -2.18. The van der Waals surface area contributed by atoms with E-state index in [0.717, 1.165) is 11.6 Å². The van der Waals surface area contributed by atoms with E-state index < -0.39 is 17.0 Å². The highest BCUT2D eigenvalue weighted by Gasteiger charge is 2.51. The molecule has 0 radical (unpaired) electrons. The van der Waals surface area contributed by atoms with Crippen molar-refractivity contribution in [2.24, 2.45) is 5.41 Å². The van der Waals surface area contributed by atoms with Crippen molar-refractivity contribution in [3.63, 3.8) is 0 Å². The normalized spacial score (nSPS) is 16.9. The van der Waals surface area contributed by atoms with Crippen LogP contribution < -0.4 is 4.74 Å². The first-order chi connectivity index (χ1) is 19.7. The van der Waals surface area contributed by atoms with Crippen LogP contribution in [0.2, 0.25) is 5.02 Å². The summed E-state index contributed by atoms with van der Waals surface area (Å²) in [7, 11) is 1.44. The molecule has 1 unspecified atom stereocenters. The number of aromatic nitrogens is 4. The number of carbonyl (C=O) groups is 2. The zero-order chi connectivity index (χ0) is 28.9. The molecule has 1 saturated carbocycles. The van der Waals surface area contributed by atoms with Crippen molar-refractivity contribution >= 4 is 23.2 Å². The summed E-state index contributed by atoms with van der Waals surface area (Å²) in [5.41, 5.74) is 1.68. The van der Waals surface area contributed by atoms with Crippen molar-refractivity contribution in [3.05, 3.63) is 75.9 Å². The van der Waals surface area contributed by atoms with Gasteiger partial charge in [0.25, 0.3) is 0 Å². The molecule has 0 bridgehead atoms. The van der Waals surface area contributed by atoms with Crippen molar-refractivity contribution < 1.29 is 27.6 Å². The highest BCUT2D eigenvalue weighted by molar-refractivity contribution is 6.31. The SMILES string of the molecule is COc1ncc(C(=O)CC2(C(=O)CC3CCc4cc(-c5cc(Cl)cc(F)c5-c5noc(C)n5)cc(F)c43)CC2)cn1. The van der Waals surface area contributed by atoms with Crippen molar-refractivity contribution in [2.75, 3.05) is 7.11 Å². The Bertz CT molecular complexity index is 1680. The predicted molar refractivity (Wildman–Crippen MR) is 145 cm³/mol. The maximum atomic E-state index is 15.7. The summed E-state index contributed by atoms with van der Waals surface area (Å²) in [4.78, 5) is 38.4. The minimum Gasteiger partial charge on any atom is -0.467 e. The molecule has 210 valence electrons. The van der Waals surface area contributed by atoms with E-state index in [-0.39, 0.29) is 58.6 Å². The number of nitrogens with zero attached hydrogens (tertiary/aromatic N) is 4. The Morgan fingerprint density at radius 3 is 2.54 bits per heavy atom. The zero-order valence-electron chi connectivity index (χ0n) is 22.3. The molecule has 2 aliphatic carbocycles. The largest absolute Gasteiger partial charge is 0.467 e. The average molecular weight is 579 g/mol. The molecule has 0 saturated heterocycles. The molecule has 4 aromatic rings. The minimum absolute atomic E-state index is 0.0340. The lowest BCUT2D eigenvalue weighted by atomic mass is 9.84. The summed E-state index contributed by atoms with van der Waals surface area (Å²) in [6.45, 7) is 1.59. The summed E-state index contributed by atoms with van der Waals surface area (Å²) in [5.74, 6) is -1.36. The third-order valence-corrected chi connectivity index (χ3v) is 8.23. The number of hydrogen-bond acceptors (Lipinski definition) is 8. The van der Waals surface area contributed by atoms with Crippen LogP contribution in [0.3, 0.4) is 0 Å². The number of Topliss-reactive ketones (excluding diaryl/α,β-unsaturated/α-hetero) is 2. The molecular weight excluding hydrogens is 554 g/mol. The van der Waals surface area contributed by atoms with Gasteiger partial charge in [0.1, 0.15) is 17.4 Å². The third kappa shape index (κ3) is 5.12. The van der Waals surface area contributed by atoms with Crippen LogP contribution >= 0.6 is 11.6 Å². The number of ketones is 2. The quantitative estimate of drug-likeness (QED) is 0.208. The van der Waals surface area contributed by atoms with E-state index in [4.69, 9.17) is 20.9 Å². The summed E-state index contributed by atoms with van der Waals surface area (Å²) >= 11 is 6.17. The molecule has 0 aliphatic heterocycles. The number of hydrogen-bond donors (Lipinski definition) is 0. The van der Waals surface area contributed by atoms with E-state index >= 15 is 8.78 Å². The highest BCUT2D eigenvalue weighted by atomic mass is 35.5. The minimum atomic E-state index is -0.730. The highest BCUT2D eigenvalue weighted by Crippen LogP contribution is 2.53. The van der Waals surface area contributed by atoms with Crippen LogP contribution in [0, 0.1) is 24.0 Å². The summed E-state index contributed by atoms with van der Waals surface area (Å²) in [6, 6.07) is 6.00. The lowest BCUT2D eigenvalue weighted by molar-refractivity contribution is -0.124.